The number of pyridine rings is 1. The van der Waals surface area contributed by atoms with Gasteiger partial charge in [-0.3, -0.25) is 10.4 Å². The number of aromatic nitrogens is 3. The Morgan fingerprint density at radius 1 is 1.35 bits per heavy atom. The maximum Gasteiger partial charge on any atom is 0.125 e. The van der Waals surface area contributed by atoms with Gasteiger partial charge in [0.1, 0.15) is 5.84 Å². The molecule has 0 fully saturated rings. The molecule has 0 saturated carbocycles. The van der Waals surface area contributed by atoms with E-state index in [1.165, 1.54) is 0 Å². The number of amidine groups is 1. The molecule has 5 heteroatoms. The Bertz CT molecular complexity index is 583. The lowest BCUT2D eigenvalue weighted by Crippen LogP contribution is -2.16. The van der Waals surface area contributed by atoms with Crippen molar-refractivity contribution >= 4 is 5.84 Å². The molecule has 2 rings (SSSR count). The summed E-state index contributed by atoms with van der Waals surface area (Å²) in [7, 11) is 0. The van der Waals surface area contributed by atoms with Crippen molar-refractivity contribution in [3.63, 3.8) is 0 Å². The van der Waals surface area contributed by atoms with Crippen LogP contribution in [0.25, 0.3) is 5.69 Å². The molecular weight excluding hydrogens is 214 g/mol. The van der Waals surface area contributed by atoms with E-state index in [-0.39, 0.29) is 5.84 Å². The predicted octanol–water partition coefficient (Wildman–Crippen LogP) is 1.48. The molecule has 0 unspecified atom stereocenters. The lowest BCUT2D eigenvalue weighted by molar-refractivity contribution is 0.826. The maximum atomic E-state index is 7.57. The normalized spacial score (nSPS) is 10.5. The average molecular weight is 229 g/mol. The molecule has 0 amide bonds. The van der Waals surface area contributed by atoms with E-state index >= 15 is 0 Å². The van der Waals surface area contributed by atoms with Gasteiger partial charge in [-0.15, -0.1) is 0 Å². The van der Waals surface area contributed by atoms with Gasteiger partial charge >= 0.3 is 0 Å². The SMILES string of the molecule is Cc1nn(-c2cnccc2C(=N)N)c(C)c1C. The fraction of sp³-hybridized carbons (Fsp3) is 0.250. The number of nitrogens with two attached hydrogens (primary N) is 1. The largest absolute Gasteiger partial charge is 0.384 e. The molecule has 0 radical (unpaired) electrons. The van der Waals surface area contributed by atoms with Gasteiger partial charge in [-0.05, 0) is 32.4 Å². The van der Waals surface area contributed by atoms with Gasteiger partial charge in [0, 0.05) is 17.5 Å². The first-order valence-corrected chi connectivity index (χ1v) is 5.34. The zero-order chi connectivity index (χ0) is 12.6. The molecule has 0 aliphatic heterocycles. The Kier molecular flexibility index (Phi) is 2.67. The summed E-state index contributed by atoms with van der Waals surface area (Å²) in [5.41, 5.74) is 10.1. The predicted molar refractivity (Wildman–Crippen MR) is 66.6 cm³/mol. The maximum absolute atomic E-state index is 7.57. The molecule has 2 heterocycles. The van der Waals surface area contributed by atoms with Crippen molar-refractivity contribution in [3.05, 3.63) is 41.0 Å². The molecule has 0 aliphatic rings. The van der Waals surface area contributed by atoms with Crippen molar-refractivity contribution < 1.29 is 0 Å². The summed E-state index contributed by atoms with van der Waals surface area (Å²) in [5.74, 6) is 0.0209. The molecule has 0 atom stereocenters. The highest BCUT2D eigenvalue weighted by molar-refractivity contribution is 5.98. The Hall–Kier alpha value is -2.17. The molecule has 5 nitrogen and oxygen atoms in total. The molecule has 0 spiro atoms. The van der Waals surface area contributed by atoms with Gasteiger partial charge in [0.25, 0.3) is 0 Å². The standard InChI is InChI=1S/C12H15N5/c1-7-8(2)16-17(9(7)3)11-6-15-5-4-10(11)12(13)14/h4-6H,1-3H3,(H3,13,14). The van der Waals surface area contributed by atoms with Crippen molar-refractivity contribution in [2.75, 3.05) is 0 Å². The number of aryl methyl sites for hydroxylation is 1. The molecule has 88 valence electrons. The first kappa shape index (κ1) is 11.3. The van der Waals surface area contributed by atoms with Crippen LogP contribution in [0.2, 0.25) is 0 Å². The molecular formula is C12H15N5. The number of rotatable bonds is 2. The van der Waals surface area contributed by atoms with Gasteiger partial charge in [0.15, 0.2) is 0 Å². The van der Waals surface area contributed by atoms with Gasteiger partial charge in [0.05, 0.1) is 17.6 Å². The lowest BCUT2D eigenvalue weighted by atomic mass is 10.2. The second-order valence-corrected chi connectivity index (χ2v) is 4.01. The summed E-state index contributed by atoms with van der Waals surface area (Å²) in [4.78, 5) is 4.07. The number of hydrogen-bond donors (Lipinski definition) is 2. The van der Waals surface area contributed by atoms with Gasteiger partial charge < -0.3 is 5.73 Å². The van der Waals surface area contributed by atoms with E-state index in [1.807, 2.05) is 20.8 Å². The van der Waals surface area contributed by atoms with Crippen molar-refractivity contribution in [2.24, 2.45) is 5.73 Å². The fourth-order valence-electron chi connectivity index (χ4n) is 1.74. The minimum atomic E-state index is 0.0209. The van der Waals surface area contributed by atoms with E-state index < -0.39 is 0 Å². The van der Waals surface area contributed by atoms with E-state index in [0.717, 1.165) is 22.6 Å². The number of nitrogen functional groups attached to an aromatic ring is 1. The molecule has 0 aromatic carbocycles. The highest BCUT2D eigenvalue weighted by Gasteiger charge is 2.13. The Labute approximate surface area is 99.8 Å². The average Bonchev–Trinajstić information content (AvgIpc) is 2.57. The Balaban J connectivity index is 2.68. The van der Waals surface area contributed by atoms with E-state index in [4.69, 9.17) is 11.1 Å². The topological polar surface area (TPSA) is 80.6 Å². The zero-order valence-electron chi connectivity index (χ0n) is 10.2. The first-order valence-electron chi connectivity index (χ1n) is 5.34. The summed E-state index contributed by atoms with van der Waals surface area (Å²) in [5, 5.41) is 12.0. The third kappa shape index (κ3) is 1.80. The summed E-state index contributed by atoms with van der Waals surface area (Å²) >= 11 is 0. The van der Waals surface area contributed by atoms with Crippen LogP contribution in [0.3, 0.4) is 0 Å². The van der Waals surface area contributed by atoms with Crippen molar-refractivity contribution in [1.82, 2.24) is 14.8 Å². The second kappa shape index (κ2) is 4.01. The third-order valence-corrected chi connectivity index (χ3v) is 2.97. The van der Waals surface area contributed by atoms with E-state index in [1.54, 1.807) is 23.1 Å². The highest BCUT2D eigenvalue weighted by atomic mass is 15.3. The fourth-order valence-corrected chi connectivity index (χ4v) is 1.74. The summed E-state index contributed by atoms with van der Waals surface area (Å²) in [6, 6.07) is 1.73. The van der Waals surface area contributed by atoms with Crippen LogP contribution in [0.15, 0.2) is 18.5 Å². The number of nitrogens with zero attached hydrogens (tertiary/aromatic N) is 3. The van der Waals surface area contributed by atoms with Crippen LogP contribution in [-0.4, -0.2) is 20.6 Å². The van der Waals surface area contributed by atoms with Crippen LogP contribution in [-0.2, 0) is 0 Å². The van der Waals surface area contributed by atoms with Gasteiger partial charge in [-0.25, -0.2) is 4.68 Å². The second-order valence-electron chi connectivity index (χ2n) is 4.01. The smallest absolute Gasteiger partial charge is 0.125 e. The highest BCUT2D eigenvalue weighted by Crippen LogP contribution is 2.18. The molecule has 0 aliphatic carbocycles. The van der Waals surface area contributed by atoms with E-state index in [0.29, 0.717) is 5.56 Å². The van der Waals surface area contributed by atoms with Crippen molar-refractivity contribution in [1.29, 1.82) is 5.41 Å². The van der Waals surface area contributed by atoms with Crippen molar-refractivity contribution in [3.8, 4) is 5.69 Å². The van der Waals surface area contributed by atoms with Crippen LogP contribution < -0.4 is 5.73 Å². The minimum absolute atomic E-state index is 0.0209. The quantitative estimate of drug-likeness (QED) is 0.604. The van der Waals surface area contributed by atoms with Gasteiger partial charge in [-0.2, -0.15) is 5.10 Å². The lowest BCUT2D eigenvalue weighted by Gasteiger charge is -2.09. The molecule has 2 aromatic rings. The van der Waals surface area contributed by atoms with Crippen LogP contribution in [0.5, 0.6) is 0 Å². The minimum Gasteiger partial charge on any atom is -0.384 e. The number of hydrogen-bond acceptors (Lipinski definition) is 3. The number of nitrogens with one attached hydrogen (secondary N) is 1. The van der Waals surface area contributed by atoms with Crippen LogP contribution >= 0.6 is 0 Å². The van der Waals surface area contributed by atoms with E-state index in [9.17, 15) is 0 Å². The van der Waals surface area contributed by atoms with Crippen LogP contribution in [0, 0.1) is 26.2 Å². The molecule has 3 N–H and O–H groups in total. The molecule has 2 aromatic heterocycles. The van der Waals surface area contributed by atoms with Crippen LogP contribution in [0.1, 0.15) is 22.5 Å². The molecule has 0 saturated heterocycles. The van der Waals surface area contributed by atoms with Gasteiger partial charge in [-0.1, -0.05) is 0 Å². The van der Waals surface area contributed by atoms with Crippen molar-refractivity contribution in [2.45, 2.75) is 20.8 Å². The first-order chi connectivity index (χ1) is 8.02. The molecule has 0 bridgehead atoms. The summed E-state index contributed by atoms with van der Waals surface area (Å²) < 4.78 is 1.79. The van der Waals surface area contributed by atoms with Crippen LogP contribution in [0.4, 0.5) is 0 Å². The summed E-state index contributed by atoms with van der Waals surface area (Å²) in [6.07, 6.45) is 3.30. The summed E-state index contributed by atoms with van der Waals surface area (Å²) in [6.45, 7) is 5.98. The Morgan fingerprint density at radius 2 is 2.06 bits per heavy atom. The van der Waals surface area contributed by atoms with Gasteiger partial charge in [0.2, 0.25) is 0 Å². The monoisotopic (exact) mass is 229 g/mol. The molecule has 17 heavy (non-hydrogen) atoms. The third-order valence-electron chi connectivity index (χ3n) is 2.97. The van der Waals surface area contributed by atoms with E-state index in [2.05, 4.69) is 10.1 Å². The zero-order valence-corrected chi connectivity index (χ0v) is 10.2. The Morgan fingerprint density at radius 3 is 2.59 bits per heavy atom.